The molecule has 74 valence electrons. The summed E-state index contributed by atoms with van der Waals surface area (Å²) >= 11 is 0. The minimum Gasteiger partial charge on any atom is -0.383 e. The van der Waals surface area contributed by atoms with E-state index >= 15 is 0 Å². The van der Waals surface area contributed by atoms with Gasteiger partial charge in [-0.1, -0.05) is 0 Å². The van der Waals surface area contributed by atoms with Crippen LogP contribution in [0.4, 0.5) is 13.2 Å². The van der Waals surface area contributed by atoms with Crippen LogP contribution in [-0.4, -0.2) is 32.2 Å². The molecule has 1 atom stereocenters. The standard InChI is InChI=1S/C6H8F3N3O/c1-12-5(10-3-11-12)2-4(13)6(7,8)9/h3-4,13H,2H2,1H3/t4-/m0/s1. The number of rotatable bonds is 2. The lowest BCUT2D eigenvalue weighted by Gasteiger charge is -2.13. The van der Waals surface area contributed by atoms with E-state index < -0.39 is 18.7 Å². The topological polar surface area (TPSA) is 50.9 Å². The van der Waals surface area contributed by atoms with Gasteiger partial charge in [-0.2, -0.15) is 18.3 Å². The molecule has 13 heavy (non-hydrogen) atoms. The molecule has 1 aromatic rings. The number of alkyl halides is 3. The predicted octanol–water partition coefficient (Wildman–Crippen LogP) is 0.281. The summed E-state index contributed by atoms with van der Waals surface area (Å²) in [6.07, 6.45) is -6.42. The molecule has 0 fully saturated rings. The quantitative estimate of drug-likeness (QED) is 0.737. The largest absolute Gasteiger partial charge is 0.414 e. The molecule has 4 nitrogen and oxygen atoms in total. The van der Waals surface area contributed by atoms with Crippen molar-refractivity contribution in [2.24, 2.45) is 7.05 Å². The predicted molar refractivity (Wildman–Crippen MR) is 36.8 cm³/mol. The Bertz CT molecular complexity index is 283. The van der Waals surface area contributed by atoms with E-state index in [0.29, 0.717) is 0 Å². The van der Waals surface area contributed by atoms with E-state index in [1.807, 2.05) is 0 Å². The Hall–Kier alpha value is -1.11. The highest BCUT2D eigenvalue weighted by molar-refractivity contribution is 4.88. The van der Waals surface area contributed by atoms with Gasteiger partial charge in [-0.15, -0.1) is 0 Å². The first-order chi connectivity index (χ1) is 5.91. The van der Waals surface area contributed by atoms with Crippen LogP contribution in [0.5, 0.6) is 0 Å². The van der Waals surface area contributed by atoms with Gasteiger partial charge in [0.05, 0.1) is 0 Å². The molecule has 0 bridgehead atoms. The minimum absolute atomic E-state index is 0.102. The SMILES string of the molecule is Cn1ncnc1C[C@H](O)C(F)(F)F. The second kappa shape index (κ2) is 3.33. The Morgan fingerprint density at radius 2 is 2.23 bits per heavy atom. The molecule has 0 aromatic carbocycles. The third-order valence-electron chi connectivity index (χ3n) is 1.56. The first-order valence-electron chi connectivity index (χ1n) is 3.49. The normalized spacial score (nSPS) is 14.5. The summed E-state index contributed by atoms with van der Waals surface area (Å²) in [4.78, 5) is 3.56. The molecule has 0 aliphatic carbocycles. The number of halogens is 3. The Kier molecular flexibility index (Phi) is 2.55. The smallest absolute Gasteiger partial charge is 0.383 e. The highest BCUT2D eigenvalue weighted by Gasteiger charge is 2.38. The molecule has 1 N–H and O–H groups in total. The van der Waals surface area contributed by atoms with Crippen molar-refractivity contribution in [3.63, 3.8) is 0 Å². The number of aryl methyl sites for hydroxylation is 1. The van der Waals surface area contributed by atoms with Gasteiger partial charge in [0.15, 0.2) is 6.10 Å². The molecule has 0 amide bonds. The van der Waals surface area contributed by atoms with Gasteiger partial charge in [-0.05, 0) is 0 Å². The second-order valence-corrected chi connectivity index (χ2v) is 2.56. The molecule has 0 spiro atoms. The molecule has 1 aromatic heterocycles. The van der Waals surface area contributed by atoms with Crippen molar-refractivity contribution in [1.29, 1.82) is 0 Å². The summed E-state index contributed by atoms with van der Waals surface area (Å²) < 4.78 is 36.8. The molecular formula is C6H8F3N3O. The van der Waals surface area contributed by atoms with Crippen LogP contribution in [0.25, 0.3) is 0 Å². The van der Waals surface area contributed by atoms with E-state index in [1.165, 1.54) is 11.7 Å². The number of aliphatic hydroxyl groups excluding tert-OH is 1. The fraction of sp³-hybridized carbons (Fsp3) is 0.667. The Balaban J connectivity index is 2.65. The van der Waals surface area contributed by atoms with Crippen molar-refractivity contribution in [1.82, 2.24) is 14.8 Å². The van der Waals surface area contributed by atoms with Crippen LogP contribution in [0, 0.1) is 0 Å². The highest BCUT2D eigenvalue weighted by Crippen LogP contribution is 2.21. The zero-order valence-corrected chi connectivity index (χ0v) is 6.78. The number of hydrogen-bond acceptors (Lipinski definition) is 3. The number of hydrogen-bond donors (Lipinski definition) is 1. The van der Waals surface area contributed by atoms with E-state index in [0.717, 1.165) is 6.33 Å². The van der Waals surface area contributed by atoms with Gasteiger partial charge in [-0.3, -0.25) is 4.68 Å². The van der Waals surface area contributed by atoms with Crippen LogP contribution >= 0.6 is 0 Å². The van der Waals surface area contributed by atoms with Gasteiger partial charge in [0.1, 0.15) is 12.2 Å². The van der Waals surface area contributed by atoms with E-state index in [2.05, 4.69) is 10.1 Å². The van der Waals surface area contributed by atoms with Gasteiger partial charge in [0.2, 0.25) is 0 Å². The summed E-state index contributed by atoms with van der Waals surface area (Å²) in [5.41, 5.74) is 0. The Morgan fingerprint density at radius 3 is 2.62 bits per heavy atom. The van der Waals surface area contributed by atoms with Gasteiger partial charge >= 0.3 is 6.18 Å². The summed E-state index contributed by atoms with van der Waals surface area (Å²) in [6, 6.07) is 0. The van der Waals surface area contributed by atoms with Crippen molar-refractivity contribution < 1.29 is 18.3 Å². The molecule has 1 rings (SSSR count). The lowest BCUT2D eigenvalue weighted by molar-refractivity contribution is -0.203. The molecule has 0 saturated heterocycles. The lowest BCUT2D eigenvalue weighted by atomic mass is 10.2. The van der Waals surface area contributed by atoms with Crippen LogP contribution < -0.4 is 0 Å². The van der Waals surface area contributed by atoms with E-state index in [4.69, 9.17) is 5.11 Å². The monoisotopic (exact) mass is 195 g/mol. The summed E-state index contributed by atoms with van der Waals surface area (Å²) in [5, 5.41) is 12.3. The summed E-state index contributed by atoms with van der Waals surface area (Å²) in [5.74, 6) is 0.102. The highest BCUT2D eigenvalue weighted by atomic mass is 19.4. The van der Waals surface area contributed by atoms with Crippen LogP contribution in [0.15, 0.2) is 6.33 Å². The van der Waals surface area contributed by atoms with Crippen molar-refractivity contribution in [3.8, 4) is 0 Å². The molecular weight excluding hydrogens is 187 g/mol. The first kappa shape index (κ1) is 9.97. The lowest BCUT2D eigenvalue weighted by Crippen LogP contribution is -2.31. The van der Waals surface area contributed by atoms with E-state index in [1.54, 1.807) is 0 Å². The molecule has 1 heterocycles. The van der Waals surface area contributed by atoms with Crippen molar-refractivity contribution in [3.05, 3.63) is 12.2 Å². The van der Waals surface area contributed by atoms with Crippen molar-refractivity contribution in [2.45, 2.75) is 18.7 Å². The fourth-order valence-corrected chi connectivity index (χ4v) is 0.794. The average molecular weight is 195 g/mol. The van der Waals surface area contributed by atoms with Crippen LogP contribution in [0.2, 0.25) is 0 Å². The van der Waals surface area contributed by atoms with Crippen LogP contribution in [0.1, 0.15) is 5.82 Å². The number of aliphatic hydroxyl groups is 1. The maximum atomic E-state index is 11.9. The van der Waals surface area contributed by atoms with Crippen molar-refractivity contribution in [2.75, 3.05) is 0 Å². The minimum atomic E-state index is -4.61. The zero-order valence-electron chi connectivity index (χ0n) is 6.78. The van der Waals surface area contributed by atoms with Gasteiger partial charge in [0, 0.05) is 13.5 Å². The Labute approximate surface area is 72.0 Å². The third kappa shape index (κ3) is 2.41. The zero-order chi connectivity index (χ0) is 10.1. The second-order valence-electron chi connectivity index (χ2n) is 2.56. The van der Waals surface area contributed by atoms with Crippen LogP contribution in [-0.2, 0) is 13.5 Å². The first-order valence-corrected chi connectivity index (χ1v) is 3.49. The van der Waals surface area contributed by atoms with E-state index in [-0.39, 0.29) is 5.82 Å². The summed E-state index contributed by atoms with van der Waals surface area (Å²) in [6.45, 7) is 0. The molecule has 0 radical (unpaired) electrons. The molecule has 0 aliphatic heterocycles. The Morgan fingerprint density at radius 1 is 1.62 bits per heavy atom. The number of aromatic nitrogens is 3. The third-order valence-corrected chi connectivity index (χ3v) is 1.56. The maximum Gasteiger partial charge on any atom is 0.414 e. The van der Waals surface area contributed by atoms with Gasteiger partial charge in [-0.25, -0.2) is 4.98 Å². The summed E-state index contributed by atoms with van der Waals surface area (Å²) in [7, 11) is 1.46. The molecule has 0 unspecified atom stereocenters. The maximum absolute atomic E-state index is 11.9. The van der Waals surface area contributed by atoms with E-state index in [9.17, 15) is 13.2 Å². The average Bonchev–Trinajstić information content (AvgIpc) is 2.34. The fourth-order valence-electron chi connectivity index (χ4n) is 0.794. The molecule has 7 heteroatoms. The van der Waals surface area contributed by atoms with Crippen molar-refractivity contribution >= 4 is 0 Å². The van der Waals surface area contributed by atoms with Gasteiger partial charge < -0.3 is 5.11 Å². The molecule has 0 aliphatic rings. The molecule has 0 saturated carbocycles. The number of nitrogens with zero attached hydrogens (tertiary/aromatic N) is 3. The van der Waals surface area contributed by atoms with Gasteiger partial charge in [0.25, 0.3) is 0 Å². The van der Waals surface area contributed by atoms with Crippen LogP contribution in [0.3, 0.4) is 0 Å².